The normalized spacial score (nSPS) is 12.3. The summed E-state index contributed by atoms with van der Waals surface area (Å²) < 4.78 is 1.70. The van der Waals surface area contributed by atoms with Crippen molar-refractivity contribution in [2.45, 2.75) is 32.7 Å². The zero-order valence-electron chi connectivity index (χ0n) is 14.4. The molecule has 1 aromatic carbocycles. The molecule has 7 heteroatoms. The second-order valence-electron chi connectivity index (χ2n) is 6.05. The minimum absolute atomic E-state index is 0.0242. The summed E-state index contributed by atoms with van der Waals surface area (Å²) in [5.74, 6) is 0.556. The number of amides is 1. The van der Waals surface area contributed by atoms with Crippen LogP contribution in [0.2, 0.25) is 0 Å². The molecule has 7 nitrogen and oxygen atoms in total. The highest BCUT2D eigenvalue weighted by molar-refractivity contribution is 5.76. The Bertz CT molecular complexity index is 874. The van der Waals surface area contributed by atoms with Gasteiger partial charge in [-0.15, -0.1) is 0 Å². The van der Waals surface area contributed by atoms with E-state index < -0.39 is 0 Å². The van der Waals surface area contributed by atoms with Gasteiger partial charge in [0.05, 0.1) is 0 Å². The van der Waals surface area contributed by atoms with Crippen LogP contribution in [0.3, 0.4) is 0 Å². The third-order valence-electron chi connectivity index (χ3n) is 4.34. The van der Waals surface area contributed by atoms with Crippen molar-refractivity contribution in [2.75, 3.05) is 6.54 Å². The van der Waals surface area contributed by atoms with E-state index in [2.05, 4.69) is 20.4 Å². The largest absolute Gasteiger partial charge is 0.354 e. The lowest BCUT2D eigenvalue weighted by Crippen LogP contribution is -2.32. The number of hydrogen-bond acceptors (Lipinski definition) is 5. The Kier molecular flexibility index (Phi) is 5.04. The summed E-state index contributed by atoms with van der Waals surface area (Å²) >= 11 is 0. The van der Waals surface area contributed by atoms with E-state index in [1.165, 1.54) is 6.33 Å². The van der Waals surface area contributed by atoms with Crippen LogP contribution in [0.5, 0.6) is 0 Å². The van der Waals surface area contributed by atoms with Crippen LogP contribution in [-0.2, 0) is 11.2 Å². The minimum atomic E-state index is -0.207. The Morgan fingerprint density at radius 2 is 2.04 bits per heavy atom. The van der Waals surface area contributed by atoms with Gasteiger partial charge in [0.2, 0.25) is 5.91 Å². The van der Waals surface area contributed by atoms with Crippen molar-refractivity contribution in [1.29, 1.82) is 0 Å². The molecule has 1 amide bonds. The Hall–Kier alpha value is -2.80. The summed E-state index contributed by atoms with van der Waals surface area (Å²) in [4.78, 5) is 20.7. The van der Waals surface area contributed by atoms with Crippen LogP contribution in [0, 0.1) is 13.8 Å². The molecular weight excluding hydrogens is 316 g/mol. The molecule has 0 saturated heterocycles. The average molecular weight is 338 g/mol. The Morgan fingerprint density at radius 3 is 2.80 bits per heavy atom. The molecule has 0 bridgehead atoms. The van der Waals surface area contributed by atoms with Crippen LogP contribution >= 0.6 is 0 Å². The molecule has 1 unspecified atom stereocenters. The highest BCUT2D eigenvalue weighted by Gasteiger charge is 2.13. The molecule has 0 saturated carbocycles. The maximum atomic E-state index is 12.2. The van der Waals surface area contributed by atoms with Crippen molar-refractivity contribution in [3.05, 3.63) is 59.2 Å². The Balaban J connectivity index is 1.57. The van der Waals surface area contributed by atoms with Gasteiger partial charge in [-0.1, -0.05) is 30.3 Å². The smallest absolute Gasteiger partial charge is 0.252 e. The van der Waals surface area contributed by atoms with Gasteiger partial charge in [0, 0.05) is 30.4 Å². The van der Waals surface area contributed by atoms with Gasteiger partial charge in [0.25, 0.3) is 5.78 Å². The zero-order chi connectivity index (χ0) is 17.8. The van der Waals surface area contributed by atoms with E-state index in [1.807, 2.05) is 44.2 Å². The van der Waals surface area contributed by atoms with E-state index in [9.17, 15) is 4.79 Å². The molecule has 3 aromatic rings. The van der Waals surface area contributed by atoms with E-state index in [0.29, 0.717) is 25.2 Å². The van der Waals surface area contributed by atoms with Crippen molar-refractivity contribution < 1.29 is 4.79 Å². The molecule has 0 spiro atoms. The number of hydrogen-bond donors (Lipinski definition) is 2. The summed E-state index contributed by atoms with van der Waals surface area (Å²) in [6.45, 7) is 4.32. The highest BCUT2D eigenvalue weighted by Crippen LogP contribution is 2.15. The second-order valence-corrected chi connectivity index (χ2v) is 6.05. The SMILES string of the molecule is Cc1nc2ncnn2c(C)c1CCC(=O)NCC(N)c1ccccc1. The molecule has 3 N–H and O–H groups in total. The van der Waals surface area contributed by atoms with Gasteiger partial charge in [0.1, 0.15) is 6.33 Å². The number of nitrogens with zero attached hydrogens (tertiary/aromatic N) is 4. The molecule has 2 aromatic heterocycles. The number of carbonyl (C=O) groups is 1. The van der Waals surface area contributed by atoms with Crippen LogP contribution in [0.25, 0.3) is 5.78 Å². The summed E-state index contributed by atoms with van der Waals surface area (Å²) in [5.41, 5.74) is 9.99. The fourth-order valence-electron chi connectivity index (χ4n) is 2.89. The fraction of sp³-hybridized carbons (Fsp3) is 0.333. The van der Waals surface area contributed by atoms with E-state index in [-0.39, 0.29) is 11.9 Å². The molecule has 0 fully saturated rings. The lowest BCUT2D eigenvalue weighted by molar-refractivity contribution is -0.121. The Labute approximate surface area is 146 Å². The fourth-order valence-corrected chi connectivity index (χ4v) is 2.89. The van der Waals surface area contributed by atoms with Gasteiger partial charge in [0.15, 0.2) is 0 Å². The van der Waals surface area contributed by atoms with E-state index in [1.54, 1.807) is 4.52 Å². The molecule has 25 heavy (non-hydrogen) atoms. The standard InChI is InChI=1S/C18H22N6O/c1-12-15(13(2)24-18(23-12)21-11-22-24)8-9-17(25)20-10-16(19)14-6-4-3-5-7-14/h3-7,11,16H,8-10,19H2,1-2H3,(H,20,25). The van der Waals surface area contributed by atoms with Gasteiger partial charge >= 0.3 is 0 Å². The minimum Gasteiger partial charge on any atom is -0.354 e. The third-order valence-corrected chi connectivity index (χ3v) is 4.34. The molecule has 1 atom stereocenters. The van der Waals surface area contributed by atoms with E-state index in [4.69, 9.17) is 5.73 Å². The first-order chi connectivity index (χ1) is 12.1. The number of benzene rings is 1. The summed E-state index contributed by atoms with van der Waals surface area (Å²) in [7, 11) is 0. The molecule has 0 aliphatic heterocycles. The number of nitrogens with two attached hydrogens (primary N) is 1. The third kappa shape index (κ3) is 3.83. The van der Waals surface area contributed by atoms with Crippen molar-refractivity contribution in [1.82, 2.24) is 24.9 Å². The van der Waals surface area contributed by atoms with Crippen molar-refractivity contribution in [3.63, 3.8) is 0 Å². The lowest BCUT2D eigenvalue weighted by atomic mass is 10.1. The molecule has 3 rings (SSSR count). The van der Waals surface area contributed by atoms with Gasteiger partial charge in [-0.05, 0) is 31.4 Å². The van der Waals surface area contributed by atoms with Crippen LogP contribution in [0.15, 0.2) is 36.7 Å². The molecule has 0 aliphatic rings. The number of carbonyl (C=O) groups excluding carboxylic acids is 1. The van der Waals surface area contributed by atoms with Crippen molar-refractivity contribution >= 4 is 11.7 Å². The van der Waals surface area contributed by atoms with Crippen molar-refractivity contribution in [2.24, 2.45) is 5.73 Å². The summed E-state index contributed by atoms with van der Waals surface area (Å²) in [6, 6.07) is 9.54. The van der Waals surface area contributed by atoms with Crippen LogP contribution in [0.4, 0.5) is 0 Å². The number of aromatic nitrogens is 4. The summed E-state index contributed by atoms with van der Waals surface area (Å²) in [6.07, 6.45) is 2.47. The zero-order valence-corrected chi connectivity index (χ0v) is 14.4. The predicted octanol–water partition coefficient (Wildman–Crippen LogP) is 1.49. The maximum Gasteiger partial charge on any atom is 0.252 e. The summed E-state index contributed by atoms with van der Waals surface area (Å²) in [5, 5.41) is 7.07. The second kappa shape index (κ2) is 7.40. The van der Waals surface area contributed by atoms with E-state index in [0.717, 1.165) is 22.5 Å². The van der Waals surface area contributed by atoms with E-state index >= 15 is 0 Å². The highest BCUT2D eigenvalue weighted by atomic mass is 16.1. The first kappa shape index (κ1) is 17.0. The van der Waals surface area contributed by atoms with Gasteiger partial charge in [-0.3, -0.25) is 4.79 Å². The maximum absolute atomic E-state index is 12.2. The molecule has 130 valence electrons. The molecular formula is C18H22N6O. The monoisotopic (exact) mass is 338 g/mol. The predicted molar refractivity (Wildman–Crippen MR) is 95.0 cm³/mol. The quantitative estimate of drug-likeness (QED) is 0.709. The molecule has 0 radical (unpaired) electrons. The first-order valence-corrected chi connectivity index (χ1v) is 8.29. The van der Waals surface area contributed by atoms with Gasteiger partial charge in [-0.25, -0.2) is 9.50 Å². The Morgan fingerprint density at radius 1 is 1.28 bits per heavy atom. The molecule has 2 heterocycles. The van der Waals surface area contributed by atoms with Crippen LogP contribution < -0.4 is 11.1 Å². The number of aryl methyl sites for hydroxylation is 2. The number of nitrogens with one attached hydrogen (secondary N) is 1. The number of fused-ring (bicyclic) bond motifs is 1. The van der Waals surface area contributed by atoms with Crippen LogP contribution in [0.1, 0.15) is 35.0 Å². The molecule has 0 aliphatic carbocycles. The van der Waals surface area contributed by atoms with Crippen LogP contribution in [-0.4, -0.2) is 32.0 Å². The van der Waals surface area contributed by atoms with Crippen molar-refractivity contribution in [3.8, 4) is 0 Å². The van der Waals surface area contributed by atoms with Gasteiger partial charge < -0.3 is 11.1 Å². The first-order valence-electron chi connectivity index (χ1n) is 8.29. The number of rotatable bonds is 6. The lowest BCUT2D eigenvalue weighted by Gasteiger charge is -2.14. The van der Waals surface area contributed by atoms with Gasteiger partial charge in [-0.2, -0.15) is 10.1 Å². The topological polar surface area (TPSA) is 98.2 Å². The average Bonchev–Trinajstić information content (AvgIpc) is 3.08.